The summed E-state index contributed by atoms with van der Waals surface area (Å²) in [5.41, 5.74) is 9.84. The van der Waals surface area contributed by atoms with Crippen LogP contribution in [0, 0.1) is 6.92 Å². The van der Waals surface area contributed by atoms with Gasteiger partial charge in [0.25, 0.3) is 0 Å². The van der Waals surface area contributed by atoms with Gasteiger partial charge in [-0.2, -0.15) is 0 Å². The van der Waals surface area contributed by atoms with Crippen molar-refractivity contribution in [1.82, 2.24) is 9.55 Å². The molecule has 2 atom stereocenters. The van der Waals surface area contributed by atoms with Crippen molar-refractivity contribution in [2.75, 3.05) is 0 Å². The third-order valence-corrected chi connectivity index (χ3v) is 4.47. The Hall–Kier alpha value is -1.35. The van der Waals surface area contributed by atoms with Crippen molar-refractivity contribution >= 4 is 11.0 Å². The predicted octanol–water partition coefficient (Wildman–Crippen LogP) is 3.91. The molecule has 0 saturated heterocycles. The molecule has 1 saturated carbocycles. The Morgan fingerprint density at radius 1 is 1.30 bits per heavy atom. The van der Waals surface area contributed by atoms with Crippen molar-refractivity contribution in [3.05, 3.63) is 29.6 Å². The summed E-state index contributed by atoms with van der Waals surface area (Å²) in [4.78, 5) is 4.96. The zero-order valence-electron chi connectivity index (χ0n) is 12.8. The van der Waals surface area contributed by atoms with Crippen molar-refractivity contribution in [2.24, 2.45) is 5.73 Å². The molecule has 1 aromatic carbocycles. The maximum atomic E-state index is 6.17. The van der Waals surface area contributed by atoms with E-state index in [1.54, 1.807) is 0 Å². The van der Waals surface area contributed by atoms with Gasteiger partial charge in [0.2, 0.25) is 0 Å². The van der Waals surface area contributed by atoms with Gasteiger partial charge in [0, 0.05) is 18.0 Å². The lowest BCUT2D eigenvalue weighted by Gasteiger charge is -2.27. The highest BCUT2D eigenvalue weighted by Gasteiger charge is 2.26. The number of nitrogens with zero attached hydrogens (tertiary/aromatic N) is 2. The lowest BCUT2D eigenvalue weighted by Crippen LogP contribution is -2.28. The number of benzene rings is 1. The van der Waals surface area contributed by atoms with Crippen LogP contribution in [-0.4, -0.2) is 15.6 Å². The average molecular weight is 271 g/mol. The normalized spacial score (nSPS) is 23.6. The number of fused-ring (bicyclic) bond motifs is 1. The third-order valence-electron chi connectivity index (χ3n) is 4.47. The van der Waals surface area contributed by atoms with Crippen LogP contribution in [-0.2, 0) is 0 Å². The molecular formula is C17H25N3. The number of hydrogen-bond acceptors (Lipinski definition) is 2. The number of hydrogen-bond donors (Lipinski definition) is 1. The van der Waals surface area contributed by atoms with Crippen LogP contribution in [0.15, 0.2) is 18.2 Å². The van der Waals surface area contributed by atoms with Crippen molar-refractivity contribution in [2.45, 2.75) is 64.5 Å². The maximum Gasteiger partial charge on any atom is 0.113 e. The molecule has 0 bridgehead atoms. The zero-order valence-corrected chi connectivity index (χ0v) is 12.8. The summed E-state index contributed by atoms with van der Waals surface area (Å²) in [6, 6.07) is 7.37. The summed E-state index contributed by atoms with van der Waals surface area (Å²) >= 11 is 0. The maximum absolute atomic E-state index is 6.17. The minimum atomic E-state index is 0.343. The summed E-state index contributed by atoms with van der Waals surface area (Å²) in [7, 11) is 0. The Kier molecular flexibility index (Phi) is 3.55. The molecule has 20 heavy (non-hydrogen) atoms. The van der Waals surface area contributed by atoms with E-state index < -0.39 is 0 Å². The van der Waals surface area contributed by atoms with Gasteiger partial charge >= 0.3 is 0 Å². The molecule has 1 heterocycles. The molecule has 3 rings (SSSR count). The quantitative estimate of drug-likeness (QED) is 0.900. The van der Waals surface area contributed by atoms with Gasteiger partial charge in [-0.25, -0.2) is 4.98 Å². The molecule has 3 heteroatoms. The fourth-order valence-electron chi connectivity index (χ4n) is 3.52. The van der Waals surface area contributed by atoms with Crippen LogP contribution in [0.1, 0.15) is 62.9 Å². The minimum Gasteiger partial charge on any atom is -0.328 e. The first kappa shape index (κ1) is 13.6. The average Bonchev–Trinajstić information content (AvgIpc) is 2.77. The van der Waals surface area contributed by atoms with E-state index in [0.717, 1.165) is 18.4 Å². The van der Waals surface area contributed by atoms with Gasteiger partial charge in [0.15, 0.2) is 0 Å². The lowest BCUT2D eigenvalue weighted by atomic mass is 9.85. The molecule has 0 radical (unpaired) electrons. The second-order valence-corrected chi connectivity index (χ2v) is 6.55. The van der Waals surface area contributed by atoms with Gasteiger partial charge in [-0.15, -0.1) is 0 Å². The first-order valence-electron chi connectivity index (χ1n) is 7.80. The summed E-state index contributed by atoms with van der Waals surface area (Å²) in [6.07, 6.45) is 4.70. The van der Waals surface area contributed by atoms with Crippen LogP contribution < -0.4 is 5.73 Å². The van der Waals surface area contributed by atoms with Crippen LogP contribution >= 0.6 is 0 Å². The molecule has 0 aliphatic heterocycles. The molecule has 1 aliphatic carbocycles. The van der Waals surface area contributed by atoms with Gasteiger partial charge in [0.05, 0.1) is 11.0 Å². The number of imidazole rings is 1. The second-order valence-electron chi connectivity index (χ2n) is 6.55. The van der Waals surface area contributed by atoms with Crippen molar-refractivity contribution in [3.8, 4) is 0 Å². The summed E-state index contributed by atoms with van der Waals surface area (Å²) in [5, 5.41) is 0. The van der Waals surface area contributed by atoms with Gasteiger partial charge in [-0.3, -0.25) is 0 Å². The molecule has 0 amide bonds. The largest absolute Gasteiger partial charge is 0.328 e. The third kappa shape index (κ3) is 2.35. The Morgan fingerprint density at radius 3 is 2.80 bits per heavy atom. The monoisotopic (exact) mass is 271 g/mol. The van der Waals surface area contributed by atoms with Gasteiger partial charge < -0.3 is 10.3 Å². The lowest BCUT2D eigenvalue weighted by molar-refractivity contribution is 0.369. The van der Waals surface area contributed by atoms with Crippen molar-refractivity contribution in [1.29, 1.82) is 0 Å². The number of rotatable bonds is 2. The Morgan fingerprint density at radius 2 is 2.10 bits per heavy atom. The highest BCUT2D eigenvalue weighted by molar-refractivity contribution is 5.77. The van der Waals surface area contributed by atoms with Crippen molar-refractivity contribution in [3.63, 3.8) is 0 Å². The first-order valence-corrected chi connectivity index (χ1v) is 7.80. The standard InChI is InChI=1S/C17H25N3/c1-11(2)20-16-8-7-12(3)9-15(16)19-17(20)13-5-4-6-14(18)10-13/h7-9,11,13-14H,4-6,10,18H2,1-3H3. The first-order chi connectivity index (χ1) is 9.56. The molecule has 108 valence electrons. The topological polar surface area (TPSA) is 43.8 Å². The van der Waals surface area contributed by atoms with E-state index in [1.165, 1.54) is 29.7 Å². The predicted molar refractivity (Wildman–Crippen MR) is 84.0 cm³/mol. The van der Waals surface area contributed by atoms with Gasteiger partial charge in [0.1, 0.15) is 5.82 Å². The van der Waals surface area contributed by atoms with E-state index in [0.29, 0.717) is 18.0 Å². The molecule has 2 unspecified atom stereocenters. The summed E-state index contributed by atoms with van der Waals surface area (Å²) in [5.74, 6) is 1.77. The number of nitrogens with two attached hydrogens (primary N) is 1. The Balaban J connectivity index is 2.11. The zero-order chi connectivity index (χ0) is 14.3. The molecule has 1 aliphatic rings. The Labute approximate surface area is 121 Å². The molecule has 0 spiro atoms. The molecule has 1 fully saturated rings. The van der Waals surface area contributed by atoms with Crippen LogP contribution in [0.25, 0.3) is 11.0 Å². The van der Waals surface area contributed by atoms with E-state index in [4.69, 9.17) is 10.7 Å². The smallest absolute Gasteiger partial charge is 0.113 e. The number of aryl methyl sites for hydroxylation is 1. The minimum absolute atomic E-state index is 0.343. The van der Waals surface area contributed by atoms with Crippen molar-refractivity contribution < 1.29 is 0 Å². The van der Waals surface area contributed by atoms with E-state index >= 15 is 0 Å². The van der Waals surface area contributed by atoms with E-state index in [-0.39, 0.29) is 0 Å². The van der Waals surface area contributed by atoms with Crippen LogP contribution in [0.3, 0.4) is 0 Å². The van der Waals surface area contributed by atoms with Gasteiger partial charge in [-0.1, -0.05) is 12.5 Å². The van der Waals surface area contributed by atoms with E-state index in [2.05, 4.69) is 43.5 Å². The second kappa shape index (κ2) is 5.21. The van der Waals surface area contributed by atoms with Crippen LogP contribution in [0.4, 0.5) is 0 Å². The summed E-state index contributed by atoms with van der Waals surface area (Å²) < 4.78 is 2.41. The molecule has 2 aromatic rings. The molecule has 1 aromatic heterocycles. The molecule has 2 N–H and O–H groups in total. The number of aromatic nitrogens is 2. The van der Waals surface area contributed by atoms with Crippen LogP contribution in [0.5, 0.6) is 0 Å². The van der Waals surface area contributed by atoms with Crippen LogP contribution in [0.2, 0.25) is 0 Å². The highest BCUT2D eigenvalue weighted by Crippen LogP contribution is 2.35. The molecular weight excluding hydrogens is 246 g/mol. The van der Waals surface area contributed by atoms with E-state index in [9.17, 15) is 0 Å². The van der Waals surface area contributed by atoms with E-state index in [1.807, 2.05) is 0 Å². The fraction of sp³-hybridized carbons (Fsp3) is 0.588. The van der Waals surface area contributed by atoms with Gasteiger partial charge in [-0.05, 0) is 57.7 Å². The fourth-order valence-corrected chi connectivity index (χ4v) is 3.52. The SMILES string of the molecule is Cc1ccc2c(c1)nc(C1CCCC(N)C1)n2C(C)C. The highest BCUT2D eigenvalue weighted by atomic mass is 15.1. The molecule has 3 nitrogen and oxygen atoms in total. The summed E-state index contributed by atoms with van der Waals surface area (Å²) in [6.45, 7) is 6.62. The Bertz CT molecular complexity index is 612.